The van der Waals surface area contributed by atoms with Crippen LogP contribution in [0.2, 0.25) is 0 Å². The highest BCUT2D eigenvalue weighted by Crippen LogP contribution is 2.22. The zero-order valence-corrected chi connectivity index (χ0v) is 12.8. The lowest BCUT2D eigenvalue weighted by atomic mass is 10.3. The first-order valence-corrected chi connectivity index (χ1v) is 8.93. The molecule has 1 aliphatic heterocycles. The standard InChI is InChI=1S/C10H14ClN3O3S2/c1-19(16,17)14-4-2-13(3-5-14)10-12-8(7-18-10)9(15)6-11/h7H,2-6H2,1H3. The van der Waals surface area contributed by atoms with E-state index in [-0.39, 0.29) is 11.7 Å². The van der Waals surface area contributed by atoms with Crippen molar-refractivity contribution in [2.75, 3.05) is 43.2 Å². The Bertz CT molecular complexity index is 564. The van der Waals surface area contributed by atoms with Gasteiger partial charge in [0.15, 0.2) is 10.9 Å². The van der Waals surface area contributed by atoms with Crippen molar-refractivity contribution in [3.8, 4) is 0 Å². The molecule has 1 saturated heterocycles. The first-order chi connectivity index (χ1) is 8.91. The van der Waals surface area contributed by atoms with Crippen LogP contribution in [-0.4, -0.2) is 61.8 Å². The summed E-state index contributed by atoms with van der Waals surface area (Å²) in [6.45, 7) is 2.04. The first kappa shape index (κ1) is 14.7. The summed E-state index contributed by atoms with van der Waals surface area (Å²) in [4.78, 5) is 17.6. The minimum atomic E-state index is -3.13. The Hall–Kier alpha value is -0.700. The zero-order valence-electron chi connectivity index (χ0n) is 10.4. The lowest BCUT2D eigenvalue weighted by Gasteiger charge is -2.32. The van der Waals surface area contributed by atoms with Crippen molar-refractivity contribution in [3.05, 3.63) is 11.1 Å². The highest BCUT2D eigenvalue weighted by Gasteiger charge is 2.25. The molecule has 0 saturated carbocycles. The van der Waals surface area contributed by atoms with Gasteiger partial charge in [-0.2, -0.15) is 4.31 Å². The van der Waals surface area contributed by atoms with Crippen LogP contribution in [0.3, 0.4) is 0 Å². The van der Waals surface area contributed by atoms with E-state index in [1.165, 1.54) is 21.9 Å². The lowest BCUT2D eigenvalue weighted by molar-refractivity contribution is 0.101. The van der Waals surface area contributed by atoms with Crippen LogP contribution in [0.25, 0.3) is 0 Å². The molecule has 0 aromatic carbocycles. The van der Waals surface area contributed by atoms with Crippen molar-refractivity contribution in [2.24, 2.45) is 0 Å². The van der Waals surface area contributed by atoms with Gasteiger partial charge in [-0.1, -0.05) is 0 Å². The number of nitrogens with zero attached hydrogens (tertiary/aromatic N) is 3. The summed E-state index contributed by atoms with van der Waals surface area (Å²) in [5, 5.41) is 2.42. The Balaban J connectivity index is 2.02. The van der Waals surface area contributed by atoms with Crippen molar-refractivity contribution >= 4 is 43.9 Å². The van der Waals surface area contributed by atoms with Gasteiger partial charge in [0.05, 0.1) is 12.1 Å². The highest BCUT2D eigenvalue weighted by atomic mass is 35.5. The van der Waals surface area contributed by atoms with Gasteiger partial charge in [-0.25, -0.2) is 13.4 Å². The molecule has 1 aromatic rings. The fourth-order valence-corrected chi connectivity index (χ4v) is 3.66. The number of sulfonamides is 1. The van der Waals surface area contributed by atoms with E-state index in [1.54, 1.807) is 5.38 Å². The first-order valence-electron chi connectivity index (χ1n) is 5.66. The number of halogens is 1. The van der Waals surface area contributed by atoms with Gasteiger partial charge < -0.3 is 4.90 Å². The third-order valence-corrected chi connectivity index (χ3v) is 5.32. The molecule has 2 heterocycles. The monoisotopic (exact) mass is 323 g/mol. The predicted octanol–water partition coefficient (Wildman–Crippen LogP) is 0.646. The molecule has 0 N–H and O–H groups in total. The predicted molar refractivity (Wildman–Crippen MR) is 75.8 cm³/mol. The minimum Gasteiger partial charge on any atom is -0.345 e. The average Bonchev–Trinajstić information content (AvgIpc) is 2.86. The molecule has 0 spiro atoms. The van der Waals surface area contributed by atoms with Crippen molar-refractivity contribution in [3.63, 3.8) is 0 Å². The van der Waals surface area contributed by atoms with E-state index in [2.05, 4.69) is 4.98 Å². The van der Waals surface area contributed by atoms with E-state index in [0.29, 0.717) is 31.9 Å². The van der Waals surface area contributed by atoms with Crippen LogP contribution in [0.4, 0.5) is 5.13 Å². The van der Waals surface area contributed by atoms with Crippen LogP contribution in [0.1, 0.15) is 10.5 Å². The SMILES string of the molecule is CS(=O)(=O)N1CCN(c2nc(C(=O)CCl)cs2)CC1. The third kappa shape index (κ3) is 3.44. The van der Waals surface area contributed by atoms with E-state index >= 15 is 0 Å². The van der Waals surface area contributed by atoms with Gasteiger partial charge in [-0.15, -0.1) is 22.9 Å². The molecule has 0 atom stereocenters. The van der Waals surface area contributed by atoms with Crippen LogP contribution in [0.15, 0.2) is 5.38 Å². The second-order valence-corrected chi connectivity index (χ2v) is 7.31. The molecule has 0 radical (unpaired) electrons. The van der Waals surface area contributed by atoms with Gasteiger partial charge in [0.25, 0.3) is 0 Å². The van der Waals surface area contributed by atoms with E-state index in [1.807, 2.05) is 4.90 Å². The number of anilines is 1. The number of aromatic nitrogens is 1. The zero-order chi connectivity index (χ0) is 14.0. The Kier molecular flexibility index (Phi) is 4.44. The molecular formula is C10H14ClN3O3S2. The van der Waals surface area contributed by atoms with E-state index in [0.717, 1.165) is 5.13 Å². The number of carbonyl (C=O) groups excluding carboxylic acids is 1. The summed E-state index contributed by atoms with van der Waals surface area (Å²) in [6, 6.07) is 0. The van der Waals surface area contributed by atoms with Crippen LogP contribution < -0.4 is 4.90 Å². The summed E-state index contributed by atoms with van der Waals surface area (Å²) < 4.78 is 24.2. The lowest BCUT2D eigenvalue weighted by Crippen LogP contribution is -2.48. The van der Waals surface area contributed by atoms with Gasteiger partial charge in [0.2, 0.25) is 10.0 Å². The molecule has 106 valence electrons. The number of carbonyl (C=O) groups is 1. The summed E-state index contributed by atoms with van der Waals surface area (Å²) in [5.41, 5.74) is 0.376. The number of thiazole rings is 1. The van der Waals surface area contributed by atoms with Gasteiger partial charge in [0.1, 0.15) is 5.69 Å². The maximum absolute atomic E-state index is 11.4. The van der Waals surface area contributed by atoms with Crippen molar-refractivity contribution in [1.29, 1.82) is 0 Å². The molecule has 0 bridgehead atoms. The molecule has 6 nitrogen and oxygen atoms in total. The molecule has 1 aromatic heterocycles. The number of alkyl halides is 1. The van der Waals surface area contributed by atoms with Crippen LogP contribution in [0, 0.1) is 0 Å². The van der Waals surface area contributed by atoms with Gasteiger partial charge in [-0.05, 0) is 0 Å². The van der Waals surface area contributed by atoms with Crippen molar-refractivity contribution < 1.29 is 13.2 Å². The van der Waals surface area contributed by atoms with Crippen molar-refractivity contribution in [1.82, 2.24) is 9.29 Å². The van der Waals surface area contributed by atoms with E-state index < -0.39 is 10.0 Å². The third-order valence-electron chi connectivity index (χ3n) is 2.88. The van der Waals surface area contributed by atoms with Crippen molar-refractivity contribution in [2.45, 2.75) is 0 Å². The number of ketones is 1. The Morgan fingerprint density at radius 1 is 1.42 bits per heavy atom. The van der Waals surface area contributed by atoms with Gasteiger partial charge >= 0.3 is 0 Å². The topological polar surface area (TPSA) is 70.6 Å². The maximum Gasteiger partial charge on any atom is 0.211 e. The summed E-state index contributed by atoms with van der Waals surface area (Å²) in [6.07, 6.45) is 1.21. The smallest absolute Gasteiger partial charge is 0.211 e. The molecule has 9 heteroatoms. The molecule has 0 unspecified atom stereocenters. The second kappa shape index (κ2) is 5.74. The number of hydrogen-bond donors (Lipinski definition) is 0. The van der Waals surface area contributed by atoms with Crippen LogP contribution in [0.5, 0.6) is 0 Å². The summed E-state index contributed by atoms with van der Waals surface area (Å²) in [7, 11) is -3.13. The Morgan fingerprint density at radius 2 is 2.05 bits per heavy atom. The van der Waals surface area contributed by atoms with Crippen LogP contribution in [-0.2, 0) is 10.0 Å². The van der Waals surface area contributed by atoms with Gasteiger partial charge in [0, 0.05) is 31.6 Å². The normalized spacial score (nSPS) is 17.7. The van der Waals surface area contributed by atoms with Gasteiger partial charge in [-0.3, -0.25) is 4.79 Å². The molecule has 19 heavy (non-hydrogen) atoms. The molecule has 1 fully saturated rings. The fraction of sp³-hybridized carbons (Fsp3) is 0.600. The number of hydrogen-bond acceptors (Lipinski definition) is 6. The molecule has 2 rings (SSSR count). The minimum absolute atomic E-state index is 0.0783. The largest absolute Gasteiger partial charge is 0.345 e. The average molecular weight is 324 g/mol. The quantitative estimate of drug-likeness (QED) is 0.601. The summed E-state index contributed by atoms with van der Waals surface area (Å²) >= 11 is 6.85. The Labute approximate surface area is 121 Å². The number of piperazine rings is 1. The molecule has 1 aliphatic rings. The van der Waals surface area contributed by atoms with E-state index in [4.69, 9.17) is 11.6 Å². The number of rotatable bonds is 4. The maximum atomic E-state index is 11.4. The van der Waals surface area contributed by atoms with E-state index in [9.17, 15) is 13.2 Å². The molecule has 0 aliphatic carbocycles. The Morgan fingerprint density at radius 3 is 2.58 bits per heavy atom. The molecule has 0 amide bonds. The van der Waals surface area contributed by atoms with Crippen LogP contribution >= 0.6 is 22.9 Å². The summed E-state index contributed by atoms with van der Waals surface area (Å²) in [5.74, 6) is -0.274. The molecular weight excluding hydrogens is 310 g/mol. The second-order valence-electron chi connectivity index (χ2n) is 4.22. The fourth-order valence-electron chi connectivity index (χ4n) is 1.82. The number of Topliss-reactive ketones (excluding diaryl/α,β-unsaturated/α-hetero) is 1. The highest BCUT2D eigenvalue weighted by molar-refractivity contribution is 7.88.